The van der Waals surface area contributed by atoms with Gasteiger partial charge in [-0.1, -0.05) is 6.07 Å². The van der Waals surface area contributed by atoms with E-state index in [1.807, 2.05) is 0 Å². The second kappa shape index (κ2) is 7.13. The highest BCUT2D eigenvalue weighted by Gasteiger charge is 2.18. The molecule has 1 fully saturated rings. The molecule has 3 rings (SSSR count). The lowest BCUT2D eigenvalue weighted by Gasteiger charge is -2.08. The molecule has 5 nitrogen and oxygen atoms in total. The summed E-state index contributed by atoms with van der Waals surface area (Å²) < 4.78 is 5.30. The number of aryl methyl sites for hydroxylation is 3. The van der Waals surface area contributed by atoms with Crippen LogP contribution < -0.4 is 5.32 Å². The highest BCUT2D eigenvalue weighted by Crippen LogP contribution is 2.19. The Kier molecular flexibility index (Phi) is 4.96. The Hall–Kier alpha value is -1.88. The van der Waals surface area contributed by atoms with Gasteiger partial charge in [0, 0.05) is 32.6 Å². The van der Waals surface area contributed by atoms with Crippen molar-refractivity contribution in [1.29, 1.82) is 0 Å². The average Bonchev–Trinajstić information content (AvgIpc) is 3.17. The van der Waals surface area contributed by atoms with E-state index in [4.69, 9.17) is 4.74 Å². The molecule has 2 aromatic rings. The minimum Gasteiger partial charge on any atom is -0.381 e. The SMILES string of the molecule is Cc1ccc2[nH]c(CCCNC(=O)C[C@@H]3CCOC3)nc2c1C. The quantitative estimate of drug-likeness (QED) is 0.805. The van der Waals surface area contributed by atoms with E-state index in [9.17, 15) is 4.79 Å². The first-order valence-electron chi connectivity index (χ1n) is 8.42. The molecule has 0 radical (unpaired) electrons. The van der Waals surface area contributed by atoms with Crippen molar-refractivity contribution in [3.8, 4) is 0 Å². The van der Waals surface area contributed by atoms with Crippen LogP contribution in [0.25, 0.3) is 11.0 Å². The minimum atomic E-state index is 0.136. The molecule has 23 heavy (non-hydrogen) atoms. The monoisotopic (exact) mass is 315 g/mol. The molecule has 2 N–H and O–H groups in total. The third-order valence-electron chi connectivity index (χ3n) is 4.64. The second-order valence-corrected chi connectivity index (χ2v) is 6.47. The lowest BCUT2D eigenvalue weighted by molar-refractivity contribution is -0.122. The van der Waals surface area contributed by atoms with Crippen LogP contribution in [0.15, 0.2) is 12.1 Å². The summed E-state index contributed by atoms with van der Waals surface area (Å²) in [6.07, 6.45) is 3.33. The number of rotatable bonds is 6. The molecule has 124 valence electrons. The molecule has 1 aromatic carbocycles. The van der Waals surface area contributed by atoms with Crippen molar-refractivity contribution in [1.82, 2.24) is 15.3 Å². The van der Waals surface area contributed by atoms with Gasteiger partial charge in [-0.2, -0.15) is 0 Å². The van der Waals surface area contributed by atoms with E-state index in [1.54, 1.807) is 0 Å². The molecule has 1 saturated heterocycles. The van der Waals surface area contributed by atoms with Gasteiger partial charge in [0.2, 0.25) is 5.91 Å². The van der Waals surface area contributed by atoms with E-state index >= 15 is 0 Å². The Morgan fingerprint density at radius 1 is 1.43 bits per heavy atom. The Morgan fingerprint density at radius 2 is 2.30 bits per heavy atom. The van der Waals surface area contributed by atoms with Crippen molar-refractivity contribution < 1.29 is 9.53 Å². The Bertz CT molecular complexity index is 687. The fraction of sp³-hybridized carbons (Fsp3) is 0.556. The van der Waals surface area contributed by atoms with Crippen molar-refractivity contribution in [3.05, 3.63) is 29.1 Å². The maximum absolute atomic E-state index is 11.8. The van der Waals surface area contributed by atoms with Crippen LogP contribution in [0.1, 0.15) is 36.2 Å². The van der Waals surface area contributed by atoms with Crippen LogP contribution in [-0.4, -0.2) is 35.6 Å². The number of carbonyl (C=O) groups excluding carboxylic acids is 1. The number of ether oxygens (including phenoxy) is 1. The predicted molar refractivity (Wildman–Crippen MR) is 90.4 cm³/mol. The van der Waals surface area contributed by atoms with E-state index in [0.29, 0.717) is 18.9 Å². The molecular formula is C18H25N3O2. The minimum absolute atomic E-state index is 0.136. The van der Waals surface area contributed by atoms with Crippen molar-refractivity contribution >= 4 is 16.9 Å². The van der Waals surface area contributed by atoms with Crippen LogP contribution in [0, 0.1) is 19.8 Å². The highest BCUT2D eigenvalue weighted by atomic mass is 16.5. The van der Waals surface area contributed by atoms with Gasteiger partial charge in [-0.25, -0.2) is 4.98 Å². The number of aromatic amines is 1. The number of nitrogens with zero attached hydrogens (tertiary/aromatic N) is 1. The number of nitrogens with one attached hydrogen (secondary N) is 2. The standard InChI is InChI=1S/C18H25N3O2/c1-12-5-6-15-18(13(12)2)21-16(20-15)4-3-8-19-17(22)10-14-7-9-23-11-14/h5-6,14H,3-4,7-11H2,1-2H3,(H,19,22)(H,20,21)/t14-/m0/s1. The zero-order chi connectivity index (χ0) is 16.2. The van der Waals surface area contributed by atoms with Gasteiger partial charge in [0.1, 0.15) is 5.82 Å². The van der Waals surface area contributed by atoms with Crippen LogP contribution in [0.3, 0.4) is 0 Å². The van der Waals surface area contributed by atoms with Crippen molar-refractivity contribution in [3.63, 3.8) is 0 Å². The fourth-order valence-electron chi connectivity index (χ4n) is 3.05. The number of benzene rings is 1. The van der Waals surface area contributed by atoms with E-state index < -0.39 is 0 Å². The Balaban J connectivity index is 1.45. The first-order valence-corrected chi connectivity index (χ1v) is 8.42. The molecular weight excluding hydrogens is 290 g/mol. The molecule has 1 aliphatic rings. The lowest BCUT2D eigenvalue weighted by Crippen LogP contribution is -2.27. The van der Waals surface area contributed by atoms with Crippen LogP contribution in [-0.2, 0) is 16.0 Å². The molecule has 1 amide bonds. The molecule has 0 saturated carbocycles. The number of hydrogen-bond acceptors (Lipinski definition) is 3. The van der Waals surface area contributed by atoms with Gasteiger partial charge in [-0.3, -0.25) is 4.79 Å². The molecule has 0 bridgehead atoms. The summed E-state index contributed by atoms with van der Waals surface area (Å²) in [6.45, 7) is 6.43. The number of H-pyrrole nitrogens is 1. The molecule has 1 atom stereocenters. The van der Waals surface area contributed by atoms with Crippen LogP contribution in [0.5, 0.6) is 0 Å². The van der Waals surface area contributed by atoms with Crippen molar-refractivity contribution in [2.45, 2.75) is 39.5 Å². The van der Waals surface area contributed by atoms with Gasteiger partial charge >= 0.3 is 0 Å². The number of amides is 1. The summed E-state index contributed by atoms with van der Waals surface area (Å²) in [4.78, 5) is 19.9. The fourth-order valence-corrected chi connectivity index (χ4v) is 3.05. The number of carbonyl (C=O) groups is 1. The number of imidazole rings is 1. The zero-order valence-electron chi connectivity index (χ0n) is 13.9. The Morgan fingerprint density at radius 3 is 3.09 bits per heavy atom. The zero-order valence-corrected chi connectivity index (χ0v) is 13.9. The summed E-state index contributed by atoms with van der Waals surface area (Å²) >= 11 is 0. The second-order valence-electron chi connectivity index (χ2n) is 6.47. The van der Waals surface area contributed by atoms with Crippen LogP contribution in [0.4, 0.5) is 0 Å². The van der Waals surface area contributed by atoms with Gasteiger partial charge in [-0.05, 0) is 49.8 Å². The largest absolute Gasteiger partial charge is 0.381 e. The number of hydrogen-bond donors (Lipinski definition) is 2. The topological polar surface area (TPSA) is 67.0 Å². The van der Waals surface area contributed by atoms with Crippen molar-refractivity contribution in [2.75, 3.05) is 19.8 Å². The summed E-state index contributed by atoms with van der Waals surface area (Å²) in [7, 11) is 0. The predicted octanol–water partition coefficient (Wildman–Crippen LogP) is 2.66. The number of fused-ring (bicyclic) bond motifs is 1. The van der Waals surface area contributed by atoms with Crippen LogP contribution >= 0.6 is 0 Å². The molecule has 0 aliphatic carbocycles. The summed E-state index contributed by atoms with van der Waals surface area (Å²) in [5.41, 5.74) is 4.65. The van der Waals surface area contributed by atoms with E-state index in [0.717, 1.165) is 49.3 Å². The van der Waals surface area contributed by atoms with E-state index in [1.165, 1.54) is 11.1 Å². The molecule has 1 aliphatic heterocycles. The molecule has 5 heteroatoms. The lowest BCUT2D eigenvalue weighted by atomic mass is 10.0. The summed E-state index contributed by atoms with van der Waals surface area (Å²) in [6, 6.07) is 4.20. The average molecular weight is 315 g/mol. The van der Waals surface area contributed by atoms with Crippen LogP contribution in [0.2, 0.25) is 0 Å². The molecule has 1 aromatic heterocycles. The molecule has 2 heterocycles. The molecule has 0 unspecified atom stereocenters. The maximum atomic E-state index is 11.8. The third kappa shape index (κ3) is 3.91. The van der Waals surface area contributed by atoms with Gasteiger partial charge in [0.15, 0.2) is 0 Å². The van der Waals surface area contributed by atoms with E-state index in [2.05, 4.69) is 41.3 Å². The maximum Gasteiger partial charge on any atom is 0.220 e. The normalized spacial score (nSPS) is 17.7. The molecule has 0 spiro atoms. The van der Waals surface area contributed by atoms with Gasteiger partial charge in [-0.15, -0.1) is 0 Å². The summed E-state index contributed by atoms with van der Waals surface area (Å²) in [5.74, 6) is 1.53. The van der Waals surface area contributed by atoms with Crippen molar-refractivity contribution in [2.24, 2.45) is 5.92 Å². The summed E-state index contributed by atoms with van der Waals surface area (Å²) in [5, 5.41) is 3.00. The van der Waals surface area contributed by atoms with E-state index in [-0.39, 0.29) is 5.91 Å². The number of aromatic nitrogens is 2. The first kappa shape index (κ1) is 16.0. The smallest absolute Gasteiger partial charge is 0.220 e. The van der Waals surface area contributed by atoms with Gasteiger partial charge in [0.05, 0.1) is 11.0 Å². The van der Waals surface area contributed by atoms with Gasteiger partial charge < -0.3 is 15.0 Å². The Labute approximate surface area is 136 Å². The highest BCUT2D eigenvalue weighted by molar-refractivity contribution is 5.79. The first-order chi connectivity index (χ1) is 11.1. The van der Waals surface area contributed by atoms with Gasteiger partial charge in [0.25, 0.3) is 0 Å². The third-order valence-corrected chi connectivity index (χ3v) is 4.64.